The smallest absolute Gasteiger partial charge is 0.0669 e. The van der Waals surface area contributed by atoms with Crippen LogP contribution in [0.5, 0.6) is 0 Å². The summed E-state index contributed by atoms with van der Waals surface area (Å²) in [6, 6.07) is 2.89. The van der Waals surface area contributed by atoms with E-state index in [0.29, 0.717) is 6.04 Å². The van der Waals surface area contributed by atoms with E-state index >= 15 is 0 Å². The van der Waals surface area contributed by atoms with Gasteiger partial charge in [0.15, 0.2) is 0 Å². The van der Waals surface area contributed by atoms with Gasteiger partial charge in [-0.05, 0) is 20.4 Å². The quantitative estimate of drug-likeness (QED) is 0.478. The molecule has 2 atom stereocenters. The average molecular weight is 124 g/mol. The van der Waals surface area contributed by atoms with E-state index in [0.717, 1.165) is 13.0 Å². The molecule has 0 radical (unpaired) electrons. The van der Waals surface area contributed by atoms with E-state index in [4.69, 9.17) is 5.26 Å². The monoisotopic (exact) mass is 124 g/mol. The molecular weight excluding hydrogens is 112 g/mol. The Morgan fingerprint density at radius 3 is 2.56 bits per heavy atom. The highest BCUT2D eigenvalue weighted by atomic mass is 15.1. The van der Waals surface area contributed by atoms with Gasteiger partial charge in [0.1, 0.15) is 0 Å². The minimum Gasteiger partial charge on any atom is -0.302 e. The van der Waals surface area contributed by atoms with Crippen LogP contribution in [-0.2, 0) is 0 Å². The van der Waals surface area contributed by atoms with E-state index in [1.54, 1.807) is 0 Å². The molecule has 0 unspecified atom stereocenters. The van der Waals surface area contributed by atoms with Crippen molar-refractivity contribution in [1.82, 2.24) is 4.90 Å². The number of nitriles is 1. The summed E-state index contributed by atoms with van der Waals surface area (Å²) >= 11 is 0. The van der Waals surface area contributed by atoms with Crippen molar-refractivity contribution in [3.05, 3.63) is 0 Å². The molecule has 2 heteroatoms. The maximum atomic E-state index is 8.52. The lowest BCUT2D eigenvalue weighted by atomic mass is 10.1. The molecular formula is C7H12N2. The van der Waals surface area contributed by atoms with Crippen LogP contribution < -0.4 is 0 Å². The highest BCUT2D eigenvalue weighted by Crippen LogP contribution is 2.19. The third-order valence-electron chi connectivity index (χ3n) is 2.07. The van der Waals surface area contributed by atoms with Crippen molar-refractivity contribution in [2.24, 2.45) is 5.92 Å². The van der Waals surface area contributed by atoms with Crippen molar-refractivity contribution in [3.8, 4) is 6.07 Å². The molecule has 0 N–H and O–H groups in total. The predicted octanol–water partition coefficient (Wildman–Crippen LogP) is 0.850. The molecule has 0 bridgehead atoms. The van der Waals surface area contributed by atoms with Crippen LogP contribution in [0.4, 0.5) is 0 Å². The summed E-state index contributed by atoms with van der Waals surface area (Å²) < 4.78 is 0. The molecule has 0 aliphatic carbocycles. The number of hydrogen-bond donors (Lipinski definition) is 0. The number of hydrogen-bond acceptors (Lipinski definition) is 2. The zero-order valence-electron chi connectivity index (χ0n) is 5.96. The molecule has 2 nitrogen and oxygen atoms in total. The van der Waals surface area contributed by atoms with E-state index in [2.05, 4.69) is 24.9 Å². The first-order valence-electron chi connectivity index (χ1n) is 3.34. The van der Waals surface area contributed by atoms with Crippen LogP contribution in [0.25, 0.3) is 0 Å². The van der Waals surface area contributed by atoms with Crippen molar-refractivity contribution in [1.29, 1.82) is 5.26 Å². The molecule has 1 aliphatic rings. The zero-order valence-corrected chi connectivity index (χ0v) is 5.96. The lowest BCUT2D eigenvalue weighted by molar-refractivity contribution is 0.328. The lowest BCUT2D eigenvalue weighted by Crippen LogP contribution is -2.21. The Bertz CT molecular complexity index is 126. The van der Waals surface area contributed by atoms with Crippen molar-refractivity contribution < 1.29 is 0 Å². The van der Waals surface area contributed by atoms with E-state index < -0.39 is 0 Å². The van der Waals surface area contributed by atoms with Crippen LogP contribution in [0.3, 0.4) is 0 Å². The molecule has 1 aliphatic heterocycles. The van der Waals surface area contributed by atoms with E-state index in [9.17, 15) is 0 Å². The van der Waals surface area contributed by atoms with Crippen LogP contribution in [0.15, 0.2) is 0 Å². The largest absolute Gasteiger partial charge is 0.302 e. The van der Waals surface area contributed by atoms with Crippen LogP contribution in [-0.4, -0.2) is 24.5 Å². The molecule has 0 amide bonds. The van der Waals surface area contributed by atoms with Gasteiger partial charge in [-0.25, -0.2) is 0 Å². The van der Waals surface area contributed by atoms with Gasteiger partial charge in [0.25, 0.3) is 0 Å². The number of rotatable bonds is 0. The van der Waals surface area contributed by atoms with Crippen LogP contribution >= 0.6 is 0 Å². The highest BCUT2D eigenvalue weighted by molar-refractivity contribution is 4.92. The third-order valence-corrected chi connectivity index (χ3v) is 2.07. The van der Waals surface area contributed by atoms with Crippen LogP contribution in [0, 0.1) is 17.2 Å². The molecule has 0 saturated carbocycles. The molecule has 1 heterocycles. The van der Waals surface area contributed by atoms with E-state index in [1.165, 1.54) is 0 Å². The van der Waals surface area contributed by atoms with Gasteiger partial charge in [-0.1, -0.05) is 0 Å². The fourth-order valence-electron chi connectivity index (χ4n) is 1.29. The molecule has 50 valence electrons. The summed E-state index contributed by atoms with van der Waals surface area (Å²) in [7, 11) is 2.07. The Balaban J connectivity index is 2.46. The first kappa shape index (κ1) is 6.57. The van der Waals surface area contributed by atoms with Gasteiger partial charge in [-0.15, -0.1) is 0 Å². The van der Waals surface area contributed by atoms with Crippen molar-refractivity contribution in [3.63, 3.8) is 0 Å². The van der Waals surface area contributed by atoms with Crippen molar-refractivity contribution >= 4 is 0 Å². The maximum absolute atomic E-state index is 8.52. The Morgan fingerprint density at radius 1 is 1.67 bits per heavy atom. The van der Waals surface area contributed by atoms with Gasteiger partial charge < -0.3 is 4.90 Å². The van der Waals surface area contributed by atoms with Crippen LogP contribution in [0.2, 0.25) is 0 Å². The summed E-state index contributed by atoms with van der Waals surface area (Å²) in [5.41, 5.74) is 0. The molecule has 1 saturated heterocycles. The number of nitrogens with zero attached hydrogens (tertiary/aromatic N) is 2. The van der Waals surface area contributed by atoms with Crippen LogP contribution in [0.1, 0.15) is 13.3 Å². The average Bonchev–Trinajstić information content (AvgIpc) is 2.13. The molecule has 1 rings (SSSR count). The fourth-order valence-corrected chi connectivity index (χ4v) is 1.29. The third kappa shape index (κ3) is 1.22. The topological polar surface area (TPSA) is 27.0 Å². The molecule has 0 spiro atoms. The molecule has 9 heavy (non-hydrogen) atoms. The molecule has 0 aromatic heterocycles. The summed E-state index contributed by atoms with van der Waals surface area (Å²) in [4.78, 5) is 2.23. The highest BCUT2D eigenvalue weighted by Gasteiger charge is 2.25. The van der Waals surface area contributed by atoms with Gasteiger partial charge in [0.05, 0.1) is 12.0 Å². The standard InChI is InChI=1S/C7H12N2/c1-6-3-7(4-8)5-9(6)2/h6-7H,3,5H2,1-2H3/t6-,7+/m1/s1. The summed E-state index contributed by atoms with van der Waals surface area (Å²) in [6.45, 7) is 3.12. The second-order valence-corrected chi connectivity index (χ2v) is 2.85. The Kier molecular flexibility index (Phi) is 1.73. The normalized spacial score (nSPS) is 36.6. The summed E-state index contributed by atoms with van der Waals surface area (Å²) in [5, 5.41) is 8.52. The molecule has 0 aromatic rings. The Morgan fingerprint density at radius 2 is 2.33 bits per heavy atom. The summed E-state index contributed by atoms with van der Waals surface area (Å²) in [6.07, 6.45) is 1.05. The van der Waals surface area contributed by atoms with E-state index in [1.807, 2.05) is 0 Å². The minimum absolute atomic E-state index is 0.282. The van der Waals surface area contributed by atoms with E-state index in [-0.39, 0.29) is 5.92 Å². The van der Waals surface area contributed by atoms with Gasteiger partial charge in [0, 0.05) is 12.6 Å². The molecule has 1 fully saturated rings. The maximum Gasteiger partial charge on any atom is 0.0669 e. The SMILES string of the molecule is C[C@@H]1C[C@@H](C#N)CN1C. The zero-order chi connectivity index (χ0) is 6.85. The van der Waals surface area contributed by atoms with Gasteiger partial charge in [-0.3, -0.25) is 0 Å². The second kappa shape index (κ2) is 2.36. The minimum atomic E-state index is 0.282. The Labute approximate surface area is 56.1 Å². The van der Waals surface area contributed by atoms with Gasteiger partial charge in [-0.2, -0.15) is 5.26 Å². The summed E-state index contributed by atoms with van der Waals surface area (Å²) in [5.74, 6) is 0.282. The first-order chi connectivity index (χ1) is 4.24. The first-order valence-corrected chi connectivity index (χ1v) is 3.34. The molecule has 0 aromatic carbocycles. The lowest BCUT2D eigenvalue weighted by Gasteiger charge is -2.11. The number of likely N-dealkylation sites (tertiary alicyclic amines) is 1. The fraction of sp³-hybridized carbons (Fsp3) is 0.857. The predicted molar refractivity (Wildman–Crippen MR) is 35.8 cm³/mol. The van der Waals surface area contributed by atoms with Crippen molar-refractivity contribution in [2.45, 2.75) is 19.4 Å². The second-order valence-electron chi connectivity index (χ2n) is 2.85. The van der Waals surface area contributed by atoms with Crippen molar-refractivity contribution in [2.75, 3.05) is 13.6 Å². The van der Waals surface area contributed by atoms with Gasteiger partial charge >= 0.3 is 0 Å². The van der Waals surface area contributed by atoms with Gasteiger partial charge in [0.2, 0.25) is 0 Å². The Hall–Kier alpha value is -0.550.